The number of allylic oxidation sites excluding steroid dienone is 2. The summed E-state index contributed by atoms with van der Waals surface area (Å²) in [5.74, 6) is -2.74. The quantitative estimate of drug-likeness (QED) is 0.615. The molecular weight excluding hydrogens is 244 g/mol. The first-order chi connectivity index (χ1) is 8.00. The minimum Gasteiger partial charge on any atom is -0.481 e. The summed E-state index contributed by atoms with van der Waals surface area (Å²) in [6, 6.07) is 0. The van der Waals surface area contributed by atoms with E-state index in [1.807, 2.05) is 12.2 Å². The van der Waals surface area contributed by atoms with Crippen molar-refractivity contribution in [1.29, 1.82) is 0 Å². The van der Waals surface area contributed by atoms with Crippen molar-refractivity contribution in [3.63, 3.8) is 0 Å². The van der Waals surface area contributed by atoms with E-state index in [2.05, 4.69) is 6.58 Å². The van der Waals surface area contributed by atoms with Gasteiger partial charge in [-0.05, 0) is 18.3 Å². The van der Waals surface area contributed by atoms with Gasteiger partial charge in [-0.15, -0.1) is 0 Å². The molecule has 1 N–H and O–H groups in total. The molecular formula is C12H13ClO4. The van der Waals surface area contributed by atoms with Gasteiger partial charge in [0.1, 0.15) is 6.61 Å². The lowest BCUT2D eigenvalue weighted by Gasteiger charge is -2.22. The Morgan fingerprint density at radius 3 is 2.47 bits per heavy atom. The van der Waals surface area contributed by atoms with Crippen molar-refractivity contribution in [2.45, 2.75) is 6.42 Å². The number of carboxylic acid groups (broad SMARTS) is 1. The molecule has 0 aliphatic heterocycles. The predicted octanol–water partition coefficient (Wildman–Crippen LogP) is 1.80. The maximum Gasteiger partial charge on any atom is 0.310 e. The van der Waals surface area contributed by atoms with E-state index in [0.717, 1.165) is 6.42 Å². The largest absolute Gasteiger partial charge is 0.481 e. The lowest BCUT2D eigenvalue weighted by atomic mass is 9.83. The normalized spacial score (nSPS) is 33.7. The number of carboxylic acids is 1. The van der Waals surface area contributed by atoms with E-state index < -0.39 is 23.8 Å². The summed E-state index contributed by atoms with van der Waals surface area (Å²) in [5, 5.41) is 9.37. The molecule has 4 nitrogen and oxygen atoms in total. The number of hydrogen-bond acceptors (Lipinski definition) is 3. The Bertz CT molecular complexity index is 401. The maximum atomic E-state index is 11.8. The average molecular weight is 257 g/mol. The van der Waals surface area contributed by atoms with Crippen LogP contribution in [0.25, 0.3) is 0 Å². The zero-order chi connectivity index (χ0) is 12.6. The number of carbonyl (C=O) groups is 2. The molecule has 0 spiro atoms. The van der Waals surface area contributed by atoms with Crippen LogP contribution in [0.15, 0.2) is 23.8 Å². The Balaban J connectivity index is 2.08. The highest BCUT2D eigenvalue weighted by atomic mass is 35.5. The van der Waals surface area contributed by atoms with Crippen LogP contribution in [0.3, 0.4) is 0 Å². The zero-order valence-corrected chi connectivity index (χ0v) is 9.89. The van der Waals surface area contributed by atoms with E-state index in [0.29, 0.717) is 0 Å². The maximum absolute atomic E-state index is 11.8. The number of rotatable bonds is 4. The van der Waals surface area contributed by atoms with Crippen molar-refractivity contribution in [2.75, 3.05) is 6.61 Å². The van der Waals surface area contributed by atoms with Crippen LogP contribution in [-0.4, -0.2) is 23.7 Å². The number of carbonyl (C=O) groups excluding carboxylic acids is 1. The highest BCUT2D eigenvalue weighted by molar-refractivity contribution is 6.29. The standard InChI is InChI=1S/C12H13ClO4/c1-6(13)5-17-12(16)10-8-3-2-7(4-8)9(10)11(14)15/h2-3,7-10H,1,4-5H2,(H,14,15)/t7-,8+,9-,10+/m1/s1. The Labute approximate surface area is 104 Å². The van der Waals surface area contributed by atoms with Crippen molar-refractivity contribution < 1.29 is 19.4 Å². The molecule has 2 rings (SSSR count). The highest BCUT2D eigenvalue weighted by Gasteiger charge is 2.52. The predicted molar refractivity (Wildman–Crippen MR) is 61.3 cm³/mol. The number of halogens is 1. The van der Waals surface area contributed by atoms with E-state index in [-0.39, 0.29) is 23.5 Å². The van der Waals surface area contributed by atoms with Gasteiger partial charge in [0.05, 0.1) is 11.8 Å². The molecule has 0 unspecified atom stereocenters. The molecule has 0 aromatic carbocycles. The van der Waals surface area contributed by atoms with Crippen LogP contribution in [0.1, 0.15) is 6.42 Å². The monoisotopic (exact) mass is 256 g/mol. The van der Waals surface area contributed by atoms with Crippen molar-refractivity contribution in [3.8, 4) is 0 Å². The Hall–Kier alpha value is -1.29. The summed E-state index contributed by atoms with van der Waals surface area (Å²) in [5.41, 5.74) is 0. The second-order valence-corrected chi connectivity index (χ2v) is 5.00. The summed E-state index contributed by atoms with van der Waals surface area (Å²) in [6.45, 7) is 3.35. The summed E-state index contributed by atoms with van der Waals surface area (Å²) >= 11 is 5.50. The van der Waals surface area contributed by atoms with Gasteiger partial charge in [0.25, 0.3) is 0 Å². The molecule has 4 atom stereocenters. The van der Waals surface area contributed by atoms with Crippen LogP contribution in [0.5, 0.6) is 0 Å². The molecule has 0 heterocycles. The lowest BCUT2D eigenvalue weighted by molar-refractivity contribution is -0.157. The van der Waals surface area contributed by atoms with Gasteiger partial charge in [0, 0.05) is 5.03 Å². The van der Waals surface area contributed by atoms with Gasteiger partial charge < -0.3 is 9.84 Å². The number of aliphatic carboxylic acids is 1. The SMILES string of the molecule is C=C(Cl)COC(=O)[C@@H]1[C@H](C(=O)O)[C@@H]2C=C[C@H]1C2. The molecule has 1 fully saturated rings. The summed E-state index contributed by atoms with van der Waals surface area (Å²) in [4.78, 5) is 23.0. The molecule has 2 aliphatic carbocycles. The van der Waals surface area contributed by atoms with Gasteiger partial charge >= 0.3 is 11.9 Å². The van der Waals surface area contributed by atoms with Crippen LogP contribution < -0.4 is 0 Å². The van der Waals surface area contributed by atoms with Crippen LogP contribution in [0.2, 0.25) is 0 Å². The number of fused-ring (bicyclic) bond motifs is 2. The molecule has 0 amide bonds. The molecule has 1 saturated carbocycles. The molecule has 5 heteroatoms. The summed E-state index contributed by atoms with van der Waals surface area (Å²) in [6.07, 6.45) is 4.51. The van der Waals surface area contributed by atoms with Crippen molar-refractivity contribution in [1.82, 2.24) is 0 Å². The Kier molecular flexibility index (Phi) is 3.24. The van der Waals surface area contributed by atoms with Crippen LogP contribution in [0.4, 0.5) is 0 Å². The lowest BCUT2D eigenvalue weighted by Crippen LogP contribution is -2.34. The molecule has 2 bridgehead atoms. The third-order valence-electron chi connectivity index (χ3n) is 3.39. The molecule has 0 aromatic heterocycles. The zero-order valence-electron chi connectivity index (χ0n) is 9.14. The number of hydrogen-bond donors (Lipinski definition) is 1. The molecule has 0 aromatic rings. The van der Waals surface area contributed by atoms with Gasteiger partial charge in [0.15, 0.2) is 0 Å². The highest BCUT2D eigenvalue weighted by Crippen LogP contribution is 2.48. The Morgan fingerprint density at radius 1 is 1.35 bits per heavy atom. The van der Waals surface area contributed by atoms with E-state index >= 15 is 0 Å². The summed E-state index contributed by atoms with van der Waals surface area (Å²) in [7, 11) is 0. The smallest absolute Gasteiger partial charge is 0.310 e. The van der Waals surface area contributed by atoms with E-state index in [1.54, 1.807) is 0 Å². The number of ether oxygens (including phenoxy) is 1. The van der Waals surface area contributed by atoms with E-state index in [1.165, 1.54) is 0 Å². The summed E-state index contributed by atoms with van der Waals surface area (Å²) < 4.78 is 4.95. The topological polar surface area (TPSA) is 63.6 Å². The average Bonchev–Trinajstić information content (AvgIpc) is 2.84. The van der Waals surface area contributed by atoms with Crippen LogP contribution in [-0.2, 0) is 14.3 Å². The second kappa shape index (κ2) is 4.53. The minimum atomic E-state index is -0.937. The van der Waals surface area contributed by atoms with Gasteiger partial charge in [-0.1, -0.05) is 30.3 Å². The van der Waals surface area contributed by atoms with E-state index in [4.69, 9.17) is 21.4 Å². The van der Waals surface area contributed by atoms with Crippen molar-refractivity contribution in [2.24, 2.45) is 23.7 Å². The fourth-order valence-corrected chi connectivity index (χ4v) is 2.78. The molecule has 17 heavy (non-hydrogen) atoms. The molecule has 92 valence electrons. The van der Waals surface area contributed by atoms with Gasteiger partial charge in [-0.25, -0.2) is 0 Å². The van der Waals surface area contributed by atoms with Crippen molar-refractivity contribution in [3.05, 3.63) is 23.8 Å². The second-order valence-electron chi connectivity index (χ2n) is 4.46. The van der Waals surface area contributed by atoms with Gasteiger partial charge in [-0.2, -0.15) is 0 Å². The fourth-order valence-electron chi connectivity index (χ4n) is 2.73. The first-order valence-corrected chi connectivity index (χ1v) is 5.79. The third kappa shape index (κ3) is 2.22. The van der Waals surface area contributed by atoms with Crippen molar-refractivity contribution >= 4 is 23.5 Å². The van der Waals surface area contributed by atoms with Gasteiger partial charge in [0.2, 0.25) is 0 Å². The van der Waals surface area contributed by atoms with Gasteiger partial charge in [-0.3, -0.25) is 9.59 Å². The molecule has 2 aliphatic rings. The third-order valence-corrected chi connectivity index (χ3v) is 3.50. The Morgan fingerprint density at radius 2 is 1.94 bits per heavy atom. The molecule has 0 saturated heterocycles. The van der Waals surface area contributed by atoms with Crippen LogP contribution >= 0.6 is 11.6 Å². The molecule has 0 radical (unpaired) electrons. The number of esters is 1. The van der Waals surface area contributed by atoms with E-state index in [9.17, 15) is 9.59 Å². The fraction of sp³-hybridized carbons (Fsp3) is 0.500. The van der Waals surface area contributed by atoms with Crippen LogP contribution in [0, 0.1) is 23.7 Å². The first-order valence-electron chi connectivity index (χ1n) is 5.41. The first kappa shape index (κ1) is 12.2. The minimum absolute atomic E-state index is 0.0165.